The number of quaternary nitrogens is 1. The molecular formula is C22H19Cl2N4O4+. The number of primary amides is 1. The zero-order chi connectivity index (χ0) is 22.8. The fourth-order valence-corrected chi connectivity index (χ4v) is 5.66. The first-order valence-corrected chi connectivity index (χ1v) is 10.9. The van der Waals surface area contributed by atoms with Crippen molar-refractivity contribution < 1.29 is 24.5 Å². The van der Waals surface area contributed by atoms with Crippen LogP contribution in [0.25, 0.3) is 0 Å². The number of carbonyl (C=O) groups excluding carboxylic acids is 4. The smallest absolute Gasteiger partial charge is 0.291 e. The highest BCUT2D eigenvalue weighted by Gasteiger charge is 2.74. The lowest BCUT2D eigenvalue weighted by Gasteiger charge is -2.26. The molecule has 5 N–H and O–H groups in total. The minimum atomic E-state index is -1.30. The molecule has 3 heterocycles. The normalized spacial score (nSPS) is 28.2. The number of nitrogens with zero attached hydrogens (tertiary/aromatic N) is 1. The molecule has 32 heavy (non-hydrogen) atoms. The molecule has 2 fully saturated rings. The quantitative estimate of drug-likeness (QED) is 0.575. The summed E-state index contributed by atoms with van der Waals surface area (Å²) < 4.78 is 0. The van der Waals surface area contributed by atoms with Crippen LogP contribution in [0.3, 0.4) is 0 Å². The third-order valence-corrected chi connectivity index (χ3v) is 7.40. The third-order valence-electron chi connectivity index (χ3n) is 6.66. The van der Waals surface area contributed by atoms with Gasteiger partial charge in [0, 0.05) is 18.4 Å². The maximum absolute atomic E-state index is 13.7. The van der Waals surface area contributed by atoms with Crippen molar-refractivity contribution in [3.63, 3.8) is 0 Å². The summed E-state index contributed by atoms with van der Waals surface area (Å²) in [5.74, 6) is -3.52. The first-order valence-electron chi connectivity index (χ1n) is 10.1. The first kappa shape index (κ1) is 20.9. The van der Waals surface area contributed by atoms with Crippen LogP contribution < -0.4 is 21.3 Å². The molecule has 4 amide bonds. The highest BCUT2D eigenvalue weighted by Crippen LogP contribution is 2.50. The van der Waals surface area contributed by atoms with Crippen LogP contribution in [0.15, 0.2) is 42.5 Å². The van der Waals surface area contributed by atoms with Gasteiger partial charge in [0.05, 0.1) is 21.4 Å². The number of nitrogens with one attached hydrogen (secondary N) is 1. The minimum absolute atomic E-state index is 0.0397. The van der Waals surface area contributed by atoms with Crippen LogP contribution in [0.5, 0.6) is 0 Å². The Kier molecular flexibility index (Phi) is 4.77. The Morgan fingerprint density at radius 1 is 1.09 bits per heavy atom. The van der Waals surface area contributed by atoms with E-state index in [0.29, 0.717) is 22.0 Å². The SMILES string of the molecule is NC(=O)CC[C@@H]1[NH2+][C@]2(C(=O)Nc3ccccc32)[C@@H]2C(=O)N(c3ccc(Cl)c(Cl)c3)C(=O)[C@H]12. The zero-order valence-corrected chi connectivity index (χ0v) is 18.2. The molecule has 0 radical (unpaired) electrons. The van der Waals surface area contributed by atoms with E-state index in [2.05, 4.69) is 5.32 Å². The Morgan fingerprint density at radius 3 is 2.56 bits per heavy atom. The van der Waals surface area contributed by atoms with Crippen molar-refractivity contribution in [3.8, 4) is 0 Å². The number of imide groups is 1. The summed E-state index contributed by atoms with van der Waals surface area (Å²) in [7, 11) is 0. The van der Waals surface area contributed by atoms with Gasteiger partial charge >= 0.3 is 0 Å². The lowest BCUT2D eigenvalue weighted by molar-refractivity contribution is -0.733. The highest BCUT2D eigenvalue weighted by atomic mass is 35.5. The van der Waals surface area contributed by atoms with E-state index in [9.17, 15) is 19.2 Å². The maximum atomic E-state index is 13.7. The van der Waals surface area contributed by atoms with Crippen molar-refractivity contribution >= 4 is 58.2 Å². The average molecular weight is 474 g/mol. The molecule has 3 aliphatic rings. The summed E-state index contributed by atoms with van der Waals surface area (Å²) in [4.78, 5) is 53.2. The van der Waals surface area contributed by atoms with Gasteiger partial charge in [-0.2, -0.15) is 0 Å². The number of fused-ring (bicyclic) bond motifs is 4. The largest absolute Gasteiger partial charge is 0.370 e. The molecule has 4 atom stereocenters. The Bertz CT molecular complexity index is 1200. The van der Waals surface area contributed by atoms with E-state index in [1.807, 2.05) is 0 Å². The second-order valence-corrected chi connectivity index (χ2v) is 9.13. The predicted molar refractivity (Wildman–Crippen MR) is 117 cm³/mol. The van der Waals surface area contributed by atoms with Crippen LogP contribution in [0.1, 0.15) is 18.4 Å². The van der Waals surface area contributed by atoms with Gasteiger partial charge in [0.25, 0.3) is 5.91 Å². The van der Waals surface area contributed by atoms with Crippen molar-refractivity contribution in [2.24, 2.45) is 17.6 Å². The van der Waals surface area contributed by atoms with Crippen molar-refractivity contribution in [2.45, 2.75) is 24.4 Å². The number of carbonyl (C=O) groups is 4. The topological polar surface area (TPSA) is 126 Å². The first-order chi connectivity index (χ1) is 15.3. The molecule has 5 rings (SSSR count). The van der Waals surface area contributed by atoms with Gasteiger partial charge < -0.3 is 16.4 Å². The number of hydrogen-bond acceptors (Lipinski definition) is 4. The van der Waals surface area contributed by atoms with Gasteiger partial charge in [-0.05, 0) is 24.3 Å². The molecule has 0 unspecified atom stereocenters. The van der Waals surface area contributed by atoms with Gasteiger partial charge in [0.2, 0.25) is 23.3 Å². The molecule has 10 heteroatoms. The zero-order valence-electron chi connectivity index (χ0n) is 16.7. The standard InChI is InChI=1S/C22H18Cl2N4O4/c23-12-6-5-10(9-13(12)24)28-19(30)17-15(7-8-16(25)29)27-22(18(17)20(28)31)11-3-1-2-4-14(11)26-21(22)32/h1-6,9,15,17-18,27H,7-8H2,(H2,25,29)(H,26,32)/p+1/t15-,17+,18-,22-/m0/s1. The Hall–Kier alpha value is -2.94. The van der Waals surface area contributed by atoms with Crippen molar-refractivity contribution in [3.05, 3.63) is 58.1 Å². The monoisotopic (exact) mass is 473 g/mol. The lowest BCUT2D eigenvalue weighted by Crippen LogP contribution is -2.99. The number of halogens is 2. The van der Waals surface area contributed by atoms with E-state index in [-0.39, 0.29) is 23.8 Å². The van der Waals surface area contributed by atoms with Crippen LogP contribution in [-0.4, -0.2) is 29.7 Å². The van der Waals surface area contributed by atoms with Crippen molar-refractivity contribution in [2.75, 3.05) is 10.2 Å². The summed E-state index contributed by atoms with van der Waals surface area (Å²) in [5, 5.41) is 5.12. The van der Waals surface area contributed by atoms with E-state index in [1.54, 1.807) is 35.6 Å². The Labute approximate surface area is 193 Å². The Balaban J connectivity index is 1.64. The lowest BCUT2D eigenvalue weighted by atomic mass is 9.76. The number of benzene rings is 2. The highest BCUT2D eigenvalue weighted by molar-refractivity contribution is 6.42. The molecule has 2 saturated heterocycles. The molecule has 0 aliphatic carbocycles. The van der Waals surface area contributed by atoms with Gasteiger partial charge in [-0.15, -0.1) is 0 Å². The fourth-order valence-electron chi connectivity index (χ4n) is 5.37. The van der Waals surface area contributed by atoms with Gasteiger partial charge in [-0.25, -0.2) is 4.90 Å². The molecule has 2 aromatic carbocycles. The fraction of sp³-hybridized carbons (Fsp3) is 0.273. The molecular weight excluding hydrogens is 455 g/mol. The average Bonchev–Trinajstić information content (AvgIpc) is 3.33. The number of anilines is 2. The molecule has 1 spiro atoms. The molecule has 3 aliphatic heterocycles. The molecule has 0 saturated carbocycles. The predicted octanol–water partition coefficient (Wildman–Crippen LogP) is 1.16. The summed E-state index contributed by atoms with van der Waals surface area (Å²) in [5.41, 5.74) is 5.59. The number of para-hydroxylation sites is 1. The van der Waals surface area contributed by atoms with Crippen LogP contribution in [0.4, 0.5) is 11.4 Å². The third kappa shape index (κ3) is 2.80. The summed E-state index contributed by atoms with van der Waals surface area (Å²) in [6, 6.07) is 11.2. The van der Waals surface area contributed by atoms with Gasteiger partial charge in [-0.3, -0.25) is 19.2 Å². The van der Waals surface area contributed by atoms with E-state index >= 15 is 0 Å². The second-order valence-electron chi connectivity index (χ2n) is 8.32. The maximum Gasteiger partial charge on any atom is 0.291 e. The minimum Gasteiger partial charge on any atom is -0.370 e. The van der Waals surface area contributed by atoms with Crippen LogP contribution in [-0.2, 0) is 24.7 Å². The number of amides is 4. The van der Waals surface area contributed by atoms with E-state index in [0.717, 1.165) is 4.90 Å². The summed E-state index contributed by atoms with van der Waals surface area (Å²) >= 11 is 12.1. The van der Waals surface area contributed by atoms with Gasteiger partial charge in [0.15, 0.2) is 0 Å². The summed E-state index contributed by atoms with van der Waals surface area (Å²) in [6.07, 6.45) is 0.305. The second kappa shape index (κ2) is 7.30. The van der Waals surface area contributed by atoms with Crippen LogP contribution >= 0.6 is 23.2 Å². The van der Waals surface area contributed by atoms with Crippen LogP contribution in [0.2, 0.25) is 10.0 Å². The molecule has 0 aromatic heterocycles. The van der Waals surface area contributed by atoms with E-state index in [1.165, 1.54) is 12.1 Å². The van der Waals surface area contributed by atoms with Gasteiger partial charge in [0.1, 0.15) is 17.9 Å². The van der Waals surface area contributed by atoms with E-state index in [4.69, 9.17) is 28.9 Å². The summed E-state index contributed by atoms with van der Waals surface area (Å²) in [6.45, 7) is 0. The molecule has 0 bridgehead atoms. The molecule has 2 aromatic rings. The number of rotatable bonds is 4. The number of nitrogens with two attached hydrogens (primary N) is 2. The molecule has 8 nitrogen and oxygen atoms in total. The van der Waals surface area contributed by atoms with Crippen LogP contribution in [0, 0.1) is 11.8 Å². The Morgan fingerprint density at radius 2 is 1.84 bits per heavy atom. The van der Waals surface area contributed by atoms with Crippen molar-refractivity contribution in [1.82, 2.24) is 0 Å². The molecule has 164 valence electrons. The van der Waals surface area contributed by atoms with E-state index < -0.39 is 41.1 Å². The van der Waals surface area contributed by atoms with Gasteiger partial charge in [-0.1, -0.05) is 41.4 Å². The van der Waals surface area contributed by atoms with Crippen molar-refractivity contribution in [1.29, 1.82) is 0 Å². The number of hydrogen-bond donors (Lipinski definition) is 3.